The molecule has 0 N–H and O–H groups in total. The largest absolute Gasteiger partial charge is 0.456 e. The molecule has 0 aliphatic carbocycles. The van der Waals surface area contributed by atoms with Gasteiger partial charge >= 0.3 is 0 Å². The second-order valence-corrected chi connectivity index (χ2v) is 13.1. The van der Waals surface area contributed by atoms with Gasteiger partial charge in [0.05, 0.1) is 0 Å². The lowest BCUT2D eigenvalue weighted by atomic mass is 9.96. The summed E-state index contributed by atoms with van der Waals surface area (Å²) in [5.74, 6) is 1.98. The molecule has 0 amide bonds. The summed E-state index contributed by atoms with van der Waals surface area (Å²) in [4.78, 5) is 15.2. The number of rotatable bonds is 4. The molecular weight excluding hydrogens is 607 g/mol. The fourth-order valence-corrected chi connectivity index (χ4v) is 8.04. The zero-order valence-electron chi connectivity index (χ0n) is 25.6. The van der Waals surface area contributed by atoms with Crippen LogP contribution in [0.25, 0.3) is 98.2 Å². The molecule has 0 aliphatic heterocycles. The Labute approximate surface area is 279 Å². The molecule has 0 saturated heterocycles. The van der Waals surface area contributed by atoms with Crippen molar-refractivity contribution >= 4 is 64.2 Å². The molecular formula is C43H25N3OS. The Hall–Kier alpha value is -6.17. The highest BCUT2D eigenvalue weighted by Crippen LogP contribution is 2.40. The first-order valence-corrected chi connectivity index (χ1v) is 16.8. The molecule has 48 heavy (non-hydrogen) atoms. The fourth-order valence-electron chi connectivity index (χ4n) is 6.83. The summed E-state index contributed by atoms with van der Waals surface area (Å²) < 4.78 is 8.61. The predicted molar refractivity (Wildman–Crippen MR) is 199 cm³/mol. The highest BCUT2D eigenvalue weighted by atomic mass is 32.1. The van der Waals surface area contributed by atoms with E-state index in [2.05, 4.69) is 115 Å². The van der Waals surface area contributed by atoms with Crippen LogP contribution in [0, 0.1) is 0 Å². The summed E-state index contributed by atoms with van der Waals surface area (Å²) in [5.41, 5.74) is 7.03. The van der Waals surface area contributed by atoms with Crippen LogP contribution in [-0.2, 0) is 0 Å². The Balaban J connectivity index is 1.12. The van der Waals surface area contributed by atoms with Gasteiger partial charge in [0, 0.05) is 47.6 Å². The van der Waals surface area contributed by atoms with E-state index in [1.807, 2.05) is 36.4 Å². The van der Waals surface area contributed by atoms with Crippen molar-refractivity contribution in [1.29, 1.82) is 0 Å². The third-order valence-corrected chi connectivity index (χ3v) is 10.3. The van der Waals surface area contributed by atoms with Gasteiger partial charge in [0.25, 0.3) is 0 Å². The average Bonchev–Trinajstić information content (AvgIpc) is 3.73. The normalized spacial score (nSPS) is 11.8. The molecule has 5 heteroatoms. The topological polar surface area (TPSA) is 51.8 Å². The fraction of sp³-hybridized carbons (Fsp3) is 0. The van der Waals surface area contributed by atoms with Gasteiger partial charge in [-0.15, -0.1) is 11.3 Å². The minimum absolute atomic E-state index is 0.651. The summed E-state index contributed by atoms with van der Waals surface area (Å²) in [5, 5.41) is 7.01. The standard InChI is InChI=1S/C43H25N3OS/c1-2-10-26(11-3-1)41-44-42(46-43(45-41)35-16-8-15-33-32-12-5-7-19-38(32)48-40(33)35)30-23-21-27-24-29(22-20-28(27)25-30)31-14-9-18-37-39(31)34-13-4-6-17-36(34)47-37/h1-25H. The van der Waals surface area contributed by atoms with Gasteiger partial charge in [-0.05, 0) is 58.3 Å². The molecule has 4 nitrogen and oxygen atoms in total. The lowest BCUT2D eigenvalue weighted by Crippen LogP contribution is -2.00. The van der Waals surface area contributed by atoms with Crippen LogP contribution in [0.5, 0.6) is 0 Å². The van der Waals surface area contributed by atoms with Gasteiger partial charge < -0.3 is 4.42 Å². The molecule has 10 aromatic rings. The Morgan fingerprint density at radius 1 is 0.417 bits per heavy atom. The summed E-state index contributed by atoms with van der Waals surface area (Å²) >= 11 is 1.78. The number of hydrogen-bond acceptors (Lipinski definition) is 5. The molecule has 10 rings (SSSR count). The van der Waals surface area contributed by atoms with Gasteiger partial charge in [-0.3, -0.25) is 0 Å². The Kier molecular flexibility index (Phi) is 6.01. The van der Waals surface area contributed by atoms with E-state index in [4.69, 9.17) is 19.4 Å². The Morgan fingerprint density at radius 3 is 1.92 bits per heavy atom. The van der Waals surface area contributed by atoms with E-state index in [1.54, 1.807) is 11.3 Å². The minimum Gasteiger partial charge on any atom is -0.456 e. The highest BCUT2D eigenvalue weighted by molar-refractivity contribution is 7.26. The molecule has 0 fully saturated rings. The number of furan rings is 1. The first kappa shape index (κ1) is 27.0. The van der Waals surface area contributed by atoms with Crippen LogP contribution in [0.15, 0.2) is 156 Å². The lowest BCUT2D eigenvalue weighted by Gasteiger charge is -2.10. The van der Waals surface area contributed by atoms with Crippen molar-refractivity contribution in [3.8, 4) is 45.3 Å². The quantitative estimate of drug-likeness (QED) is 0.194. The van der Waals surface area contributed by atoms with Crippen LogP contribution in [-0.4, -0.2) is 15.0 Å². The van der Waals surface area contributed by atoms with Gasteiger partial charge in [0.1, 0.15) is 11.2 Å². The second kappa shape index (κ2) is 10.7. The van der Waals surface area contributed by atoms with E-state index in [1.165, 1.54) is 20.2 Å². The zero-order chi connectivity index (χ0) is 31.6. The zero-order valence-corrected chi connectivity index (χ0v) is 26.4. The maximum Gasteiger partial charge on any atom is 0.165 e. The van der Waals surface area contributed by atoms with Crippen molar-refractivity contribution in [1.82, 2.24) is 15.0 Å². The van der Waals surface area contributed by atoms with E-state index < -0.39 is 0 Å². The van der Waals surface area contributed by atoms with E-state index in [0.29, 0.717) is 17.5 Å². The number of fused-ring (bicyclic) bond motifs is 7. The third kappa shape index (κ3) is 4.33. The maximum absolute atomic E-state index is 6.17. The maximum atomic E-state index is 6.17. The van der Waals surface area contributed by atoms with Crippen molar-refractivity contribution in [3.63, 3.8) is 0 Å². The lowest BCUT2D eigenvalue weighted by molar-refractivity contribution is 0.669. The van der Waals surface area contributed by atoms with Crippen molar-refractivity contribution in [2.75, 3.05) is 0 Å². The van der Waals surface area contributed by atoms with Crippen LogP contribution in [0.4, 0.5) is 0 Å². The van der Waals surface area contributed by atoms with Crippen LogP contribution in [0.3, 0.4) is 0 Å². The van der Waals surface area contributed by atoms with Crippen molar-refractivity contribution in [2.24, 2.45) is 0 Å². The molecule has 224 valence electrons. The number of thiophene rings is 1. The van der Waals surface area contributed by atoms with Gasteiger partial charge in [0.2, 0.25) is 0 Å². The number of aromatic nitrogens is 3. The molecule has 0 saturated carbocycles. The first-order chi connectivity index (χ1) is 23.8. The third-order valence-electron chi connectivity index (χ3n) is 9.12. The summed E-state index contributed by atoms with van der Waals surface area (Å²) in [6, 6.07) is 52.7. The molecule has 0 spiro atoms. The second-order valence-electron chi connectivity index (χ2n) is 12.0. The minimum atomic E-state index is 0.651. The van der Waals surface area contributed by atoms with Crippen LogP contribution in [0.2, 0.25) is 0 Å². The van der Waals surface area contributed by atoms with Crippen molar-refractivity contribution in [2.45, 2.75) is 0 Å². The number of benzene rings is 7. The Bertz CT molecular complexity index is 2850. The number of hydrogen-bond donors (Lipinski definition) is 0. The smallest absolute Gasteiger partial charge is 0.165 e. The van der Waals surface area contributed by atoms with E-state index in [-0.39, 0.29) is 0 Å². The predicted octanol–water partition coefficient (Wildman–Crippen LogP) is 12.0. The van der Waals surface area contributed by atoms with Crippen LogP contribution >= 0.6 is 11.3 Å². The molecule has 0 radical (unpaired) electrons. The average molecular weight is 632 g/mol. The van der Waals surface area contributed by atoms with Gasteiger partial charge in [-0.25, -0.2) is 15.0 Å². The van der Waals surface area contributed by atoms with Crippen molar-refractivity contribution in [3.05, 3.63) is 152 Å². The van der Waals surface area contributed by atoms with E-state index in [9.17, 15) is 0 Å². The molecule has 7 aromatic carbocycles. The highest BCUT2D eigenvalue weighted by Gasteiger charge is 2.17. The van der Waals surface area contributed by atoms with Gasteiger partial charge in [-0.2, -0.15) is 0 Å². The molecule has 3 heterocycles. The summed E-state index contributed by atoms with van der Waals surface area (Å²) in [6.45, 7) is 0. The van der Waals surface area contributed by atoms with Gasteiger partial charge in [0.15, 0.2) is 17.5 Å². The SMILES string of the molecule is c1ccc(-c2nc(-c3ccc4cc(-c5cccc6oc7ccccc7c56)ccc4c3)nc(-c3cccc4c3sc3ccccc34)n2)cc1. The van der Waals surface area contributed by atoms with E-state index in [0.717, 1.165) is 60.5 Å². The monoisotopic (exact) mass is 631 g/mol. The molecule has 0 atom stereocenters. The number of nitrogens with zero attached hydrogens (tertiary/aromatic N) is 3. The molecule has 0 aliphatic rings. The van der Waals surface area contributed by atoms with Crippen LogP contribution in [0.1, 0.15) is 0 Å². The Morgan fingerprint density at radius 2 is 1.04 bits per heavy atom. The molecule has 0 bridgehead atoms. The summed E-state index contributed by atoms with van der Waals surface area (Å²) in [6.07, 6.45) is 0. The van der Waals surface area contributed by atoms with Gasteiger partial charge in [-0.1, -0.05) is 115 Å². The first-order valence-electron chi connectivity index (χ1n) is 15.9. The van der Waals surface area contributed by atoms with E-state index >= 15 is 0 Å². The molecule has 3 aromatic heterocycles. The van der Waals surface area contributed by atoms with Crippen molar-refractivity contribution < 1.29 is 4.42 Å². The number of para-hydroxylation sites is 1. The molecule has 0 unspecified atom stereocenters. The van der Waals surface area contributed by atoms with Crippen LogP contribution < -0.4 is 0 Å². The summed E-state index contributed by atoms with van der Waals surface area (Å²) in [7, 11) is 0.